The molecule has 0 saturated heterocycles. The number of sulfonamides is 1. The van der Waals surface area contributed by atoms with Crippen molar-refractivity contribution in [1.29, 1.82) is 0 Å². The molecule has 1 amide bonds. The van der Waals surface area contributed by atoms with Crippen LogP contribution in [0.1, 0.15) is 15.9 Å². The number of rotatable bonds is 6. The molecule has 0 aliphatic carbocycles. The summed E-state index contributed by atoms with van der Waals surface area (Å²) in [5.74, 6) is -0.114. The highest BCUT2D eigenvalue weighted by atomic mass is 32.2. The van der Waals surface area contributed by atoms with Crippen LogP contribution >= 0.6 is 0 Å². The number of amides is 1. The highest BCUT2D eigenvalue weighted by Crippen LogP contribution is 2.27. The van der Waals surface area contributed by atoms with Crippen LogP contribution in [0.3, 0.4) is 0 Å². The molecule has 9 nitrogen and oxygen atoms in total. The van der Waals surface area contributed by atoms with E-state index in [1.54, 1.807) is 61.5 Å². The van der Waals surface area contributed by atoms with Gasteiger partial charge in [-0.3, -0.25) is 9.52 Å². The number of H-pyrrole nitrogens is 2. The maximum atomic E-state index is 13.0. The third-order valence-corrected chi connectivity index (χ3v) is 6.37. The molecule has 0 spiro atoms. The fourth-order valence-electron chi connectivity index (χ4n) is 3.27. The van der Waals surface area contributed by atoms with Gasteiger partial charge in [0.15, 0.2) is 0 Å². The molecule has 32 heavy (non-hydrogen) atoms. The number of nitrogens with one attached hydrogen (secondary N) is 4. The molecule has 4 aromatic rings. The number of carbonyl (C=O) groups excluding carboxylic acids is 1. The molecular weight excluding hydrogens is 432 g/mol. The molecule has 4 rings (SSSR count). The summed E-state index contributed by atoms with van der Waals surface area (Å²) in [6, 6.07) is 16.0. The number of aromatic amines is 2. The lowest BCUT2D eigenvalue weighted by molar-refractivity contribution is 0.102. The minimum atomic E-state index is -3.99. The van der Waals surface area contributed by atoms with Gasteiger partial charge in [0, 0.05) is 11.3 Å². The van der Waals surface area contributed by atoms with Crippen LogP contribution in [-0.4, -0.2) is 31.4 Å². The van der Waals surface area contributed by atoms with Crippen LogP contribution in [0.2, 0.25) is 0 Å². The number of hydrogen-bond donors (Lipinski definition) is 4. The predicted octanol–water partition coefficient (Wildman–Crippen LogP) is 3.23. The summed E-state index contributed by atoms with van der Waals surface area (Å²) in [4.78, 5) is 29.4. The van der Waals surface area contributed by atoms with E-state index in [-0.39, 0.29) is 21.8 Å². The molecule has 10 heteroatoms. The maximum absolute atomic E-state index is 13.0. The van der Waals surface area contributed by atoms with E-state index in [1.807, 2.05) is 0 Å². The van der Waals surface area contributed by atoms with Crippen molar-refractivity contribution in [3.8, 4) is 5.75 Å². The van der Waals surface area contributed by atoms with Gasteiger partial charge in [-0.15, -0.1) is 0 Å². The Morgan fingerprint density at radius 3 is 2.50 bits per heavy atom. The number of ether oxygens (including phenoxy) is 1. The monoisotopic (exact) mass is 452 g/mol. The highest BCUT2D eigenvalue weighted by molar-refractivity contribution is 7.92. The molecule has 0 aliphatic rings. The van der Waals surface area contributed by atoms with Crippen LogP contribution in [0, 0.1) is 6.92 Å². The van der Waals surface area contributed by atoms with Gasteiger partial charge in [0.25, 0.3) is 15.9 Å². The Kier molecular flexibility index (Phi) is 5.45. The number of hydrogen-bond acceptors (Lipinski definition) is 5. The topological polar surface area (TPSA) is 133 Å². The Hall–Kier alpha value is -4.05. The lowest BCUT2D eigenvalue weighted by Gasteiger charge is -2.14. The van der Waals surface area contributed by atoms with Crippen molar-refractivity contribution in [2.45, 2.75) is 11.8 Å². The molecule has 0 radical (unpaired) electrons. The molecule has 164 valence electrons. The van der Waals surface area contributed by atoms with Gasteiger partial charge in [-0.25, -0.2) is 13.2 Å². The van der Waals surface area contributed by atoms with Gasteiger partial charge in [-0.05, 0) is 55.0 Å². The first kappa shape index (κ1) is 21.2. The van der Waals surface area contributed by atoms with Gasteiger partial charge >= 0.3 is 5.69 Å². The van der Waals surface area contributed by atoms with Gasteiger partial charge in [0.05, 0.1) is 28.7 Å². The minimum absolute atomic E-state index is 0.0264. The standard InChI is InChI=1S/C22H20N4O5S/c1-13-7-8-14(21(27)23-15-9-10-16-18(12-15)25-22(28)24-16)11-20(13)32(29,30)26-17-5-3-4-6-19(17)31-2/h3-12,26H,1-2H3,(H,23,27)(H2,24,25,28). The number of imidazole rings is 1. The van der Waals surface area contributed by atoms with E-state index in [4.69, 9.17) is 4.74 Å². The van der Waals surface area contributed by atoms with Gasteiger partial charge in [-0.2, -0.15) is 0 Å². The van der Waals surface area contributed by atoms with Crippen molar-refractivity contribution in [1.82, 2.24) is 9.97 Å². The third-order valence-electron chi connectivity index (χ3n) is 4.86. The Morgan fingerprint density at radius 1 is 0.969 bits per heavy atom. The lowest BCUT2D eigenvalue weighted by Crippen LogP contribution is -2.17. The van der Waals surface area contributed by atoms with E-state index in [0.29, 0.717) is 28.0 Å². The van der Waals surface area contributed by atoms with Crippen molar-refractivity contribution >= 4 is 38.3 Å². The molecule has 4 N–H and O–H groups in total. The molecule has 0 fully saturated rings. The van der Waals surface area contributed by atoms with Crippen LogP contribution in [-0.2, 0) is 10.0 Å². The van der Waals surface area contributed by atoms with Crippen molar-refractivity contribution < 1.29 is 17.9 Å². The molecular formula is C22H20N4O5S. The number of para-hydroxylation sites is 2. The largest absolute Gasteiger partial charge is 0.495 e. The number of benzene rings is 3. The summed E-state index contributed by atoms with van der Waals surface area (Å²) >= 11 is 0. The summed E-state index contributed by atoms with van der Waals surface area (Å²) in [5.41, 5.74) is 2.20. The van der Waals surface area contributed by atoms with E-state index in [0.717, 1.165) is 0 Å². The van der Waals surface area contributed by atoms with Gasteiger partial charge < -0.3 is 20.0 Å². The fourth-order valence-corrected chi connectivity index (χ4v) is 4.62. The normalized spacial score (nSPS) is 11.3. The molecule has 0 aliphatic heterocycles. The van der Waals surface area contributed by atoms with Crippen molar-refractivity contribution in [2.75, 3.05) is 17.1 Å². The quantitative estimate of drug-likeness (QED) is 0.356. The summed E-state index contributed by atoms with van der Waals surface area (Å²) in [5, 5.41) is 2.72. The number of fused-ring (bicyclic) bond motifs is 1. The van der Waals surface area contributed by atoms with Gasteiger partial charge in [0.1, 0.15) is 5.75 Å². The zero-order valence-electron chi connectivity index (χ0n) is 17.2. The van der Waals surface area contributed by atoms with Crippen LogP contribution in [0.25, 0.3) is 11.0 Å². The number of carbonyl (C=O) groups is 1. The average molecular weight is 452 g/mol. The number of methoxy groups -OCH3 is 1. The first-order chi connectivity index (χ1) is 15.3. The minimum Gasteiger partial charge on any atom is -0.495 e. The molecule has 0 atom stereocenters. The summed E-state index contributed by atoms with van der Waals surface area (Å²) in [7, 11) is -2.54. The zero-order valence-corrected chi connectivity index (χ0v) is 18.0. The summed E-state index contributed by atoms with van der Waals surface area (Å²) in [6.07, 6.45) is 0. The Bertz CT molecular complexity index is 1490. The van der Waals surface area contributed by atoms with E-state index in [9.17, 15) is 18.0 Å². The number of aromatic nitrogens is 2. The van der Waals surface area contributed by atoms with Crippen LogP contribution < -0.4 is 20.5 Å². The first-order valence-corrected chi connectivity index (χ1v) is 11.0. The van der Waals surface area contributed by atoms with Crippen LogP contribution in [0.4, 0.5) is 11.4 Å². The second-order valence-electron chi connectivity index (χ2n) is 7.08. The molecule has 1 heterocycles. The Balaban J connectivity index is 1.62. The zero-order chi connectivity index (χ0) is 22.9. The smallest absolute Gasteiger partial charge is 0.323 e. The Labute approximate surface area is 183 Å². The molecule has 3 aromatic carbocycles. The molecule has 0 unspecified atom stereocenters. The number of aryl methyl sites for hydroxylation is 1. The second kappa shape index (κ2) is 8.23. The van der Waals surface area contributed by atoms with E-state index in [1.165, 1.54) is 13.2 Å². The van der Waals surface area contributed by atoms with Crippen LogP contribution in [0.5, 0.6) is 5.75 Å². The van der Waals surface area contributed by atoms with Crippen molar-refractivity contribution in [2.24, 2.45) is 0 Å². The highest BCUT2D eigenvalue weighted by Gasteiger charge is 2.21. The number of anilines is 2. The fraction of sp³-hybridized carbons (Fsp3) is 0.0909. The SMILES string of the molecule is COc1ccccc1NS(=O)(=O)c1cc(C(=O)Nc2ccc3[nH]c(=O)[nH]c3c2)ccc1C. The second-order valence-corrected chi connectivity index (χ2v) is 8.73. The summed E-state index contributed by atoms with van der Waals surface area (Å²) in [6.45, 7) is 1.65. The molecule has 1 aromatic heterocycles. The van der Waals surface area contributed by atoms with E-state index < -0.39 is 15.9 Å². The van der Waals surface area contributed by atoms with Crippen molar-refractivity contribution in [3.05, 3.63) is 82.3 Å². The van der Waals surface area contributed by atoms with Gasteiger partial charge in [0.2, 0.25) is 0 Å². The summed E-state index contributed by atoms with van der Waals surface area (Å²) < 4.78 is 33.8. The first-order valence-electron chi connectivity index (χ1n) is 9.57. The van der Waals surface area contributed by atoms with Crippen molar-refractivity contribution in [3.63, 3.8) is 0 Å². The molecule has 0 bridgehead atoms. The van der Waals surface area contributed by atoms with E-state index in [2.05, 4.69) is 20.0 Å². The average Bonchev–Trinajstić information content (AvgIpc) is 3.13. The van der Waals surface area contributed by atoms with E-state index >= 15 is 0 Å². The molecule has 0 saturated carbocycles. The lowest BCUT2D eigenvalue weighted by atomic mass is 10.1. The van der Waals surface area contributed by atoms with Crippen LogP contribution in [0.15, 0.2) is 70.4 Å². The Morgan fingerprint density at radius 2 is 1.72 bits per heavy atom. The van der Waals surface area contributed by atoms with Gasteiger partial charge in [-0.1, -0.05) is 18.2 Å². The predicted molar refractivity (Wildman–Crippen MR) is 122 cm³/mol. The maximum Gasteiger partial charge on any atom is 0.323 e. The third kappa shape index (κ3) is 4.21.